The van der Waals surface area contributed by atoms with Gasteiger partial charge in [-0.1, -0.05) is 36.0 Å². The molecular formula is C10H13Cl2N3. The van der Waals surface area contributed by atoms with Crippen LogP contribution in [0, 0.1) is 0 Å². The van der Waals surface area contributed by atoms with Crippen LogP contribution in [-0.4, -0.2) is 23.1 Å². The van der Waals surface area contributed by atoms with Crippen molar-refractivity contribution < 1.29 is 0 Å². The molecule has 1 aromatic heterocycles. The number of hydrogen-bond acceptors (Lipinski definition) is 3. The molecule has 0 N–H and O–H groups in total. The van der Waals surface area contributed by atoms with Gasteiger partial charge < -0.3 is 4.90 Å². The molecule has 82 valence electrons. The molecule has 3 nitrogen and oxygen atoms in total. The molecule has 2 heterocycles. The average molecular weight is 246 g/mol. The summed E-state index contributed by atoms with van der Waals surface area (Å²) in [5, 5.41) is 0.823. The average Bonchev–Trinajstić information content (AvgIpc) is 2.43. The normalized spacial score (nSPS) is 17.6. The largest absolute Gasteiger partial charge is 0.341 e. The summed E-state index contributed by atoms with van der Waals surface area (Å²) in [6.45, 7) is 1.99. The summed E-state index contributed by atoms with van der Waals surface area (Å²) in [6, 6.07) is 1.56. The highest BCUT2D eigenvalue weighted by molar-refractivity contribution is 6.33. The summed E-state index contributed by atoms with van der Waals surface area (Å²) >= 11 is 11.7. The molecule has 15 heavy (non-hydrogen) atoms. The van der Waals surface area contributed by atoms with Gasteiger partial charge >= 0.3 is 0 Å². The number of anilines is 1. The van der Waals surface area contributed by atoms with Crippen LogP contribution in [0.15, 0.2) is 6.07 Å². The third kappa shape index (κ3) is 2.95. The molecular weight excluding hydrogens is 233 g/mol. The zero-order valence-electron chi connectivity index (χ0n) is 8.42. The van der Waals surface area contributed by atoms with Gasteiger partial charge in [-0.3, -0.25) is 0 Å². The first-order valence-electron chi connectivity index (χ1n) is 5.21. The van der Waals surface area contributed by atoms with Gasteiger partial charge in [-0.25, -0.2) is 9.97 Å². The highest BCUT2D eigenvalue weighted by Gasteiger charge is 2.13. The molecule has 0 atom stereocenters. The Morgan fingerprint density at radius 1 is 0.933 bits per heavy atom. The van der Waals surface area contributed by atoms with Crippen LogP contribution in [0.3, 0.4) is 0 Å². The van der Waals surface area contributed by atoms with Crippen LogP contribution < -0.4 is 4.90 Å². The highest BCUT2D eigenvalue weighted by atomic mass is 35.5. The molecule has 1 aromatic rings. The Morgan fingerprint density at radius 3 is 2.00 bits per heavy atom. The molecule has 1 saturated heterocycles. The van der Waals surface area contributed by atoms with E-state index in [1.807, 2.05) is 0 Å². The molecule has 0 saturated carbocycles. The zero-order valence-corrected chi connectivity index (χ0v) is 9.93. The number of hydrogen-bond donors (Lipinski definition) is 0. The summed E-state index contributed by atoms with van der Waals surface area (Å²) in [4.78, 5) is 10.5. The Morgan fingerprint density at radius 2 is 1.47 bits per heavy atom. The van der Waals surface area contributed by atoms with Gasteiger partial charge in [0.15, 0.2) is 0 Å². The van der Waals surface area contributed by atoms with Crippen molar-refractivity contribution >= 4 is 29.2 Å². The van der Waals surface area contributed by atoms with Crippen molar-refractivity contribution in [2.24, 2.45) is 0 Å². The van der Waals surface area contributed by atoms with Gasteiger partial charge in [0, 0.05) is 19.2 Å². The predicted octanol–water partition coefficient (Wildman–Crippen LogP) is 3.16. The van der Waals surface area contributed by atoms with Gasteiger partial charge in [0.1, 0.15) is 10.3 Å². The zero-order chi connectivity index (χ0) is 10.7. The smallest absolute Gasteiger partial charge is 0.228 e. The van der Waals surface area contributed by atoms with Crippen molar-refractivity contribution in [3.05, 3.63) is 16.4 Å². The van der Waals surface area contributed by atoms with Crippen LogP contribution >= 0.6 is 23.2 Å². The second-order valence-electron chi connectivity index (χ2n) is 3.71. The maximum atomic E-state index is 5.85. The fourth-order valence-electron chi connectivity index (χ4n) is 1.79. The molecule has 0 spiro atoms. The van der Waals surface area contributed by atoms with E-state index < -0.39 is 0 Å². The first-order chi connectivity index (χ1) is 7.25. The van der Waals surface area contributed by atoms with Gasteiger partial charge in [0.05, 0.1) is 0 Å². The monoisotopic (exact) mass is 245 g/mol. The van der Waals surface area contributed by atoms with Gasteiger partial charge in [-0.15, -0.1) is 0 Å². The van der Waals surface area contributed by atoms with E-state index in [4.69, 9.17) is 23.2 Å². The lowest BCUT2D eigenvalue weighted by Crippen LogP contribution is -2.26. The van der Waals surface area contributed by atoms with Crippen molar-refractivity contribution in [1.29, 1.82) is 0 Å². The molecule has 0 radical (unpaired) electrons. The summed E-state index contributed by atoms with van der Waals surface area (Å²) in [6.07, 6.45) is 4.94. The van der Waals surface area contributed by atoms with Crippen LogP contribution in [0.25, 0.3) is 0 Å². The fourth-order valence-corrected chi connectivity index (χ4v) is 2.20. The minimum Gasteiger partial charge on any atom is -0.341 e. The van der Waals surface area contributed by atoms with Crippen molar-refractivity contribution in [3.8, 4) is 0 Å². The topological polar surface area (TPSA) is 29.0 Å². The summed E-state index contributed by atoms with van der Waals surface area (Å²) < 4.78 is 0. The number of nitrogens with zero attached hydrogens (tertiary/aromatic N) is 3. The van der Waals surface area contributed by atoms with E-state index in [0.717, 1.165) is 13.1 Å². The number of halogens is 2. The van der Waals surface area contributed by atoms with Crippen LogP contribution in [0.2, 0.25) is 10.3 Å². The Bertz CT molecular complexity index is 315. The molecule has 1 fully saturated rings. The maximum absolute atomic E-state index is 5.85. The van der Waals surface area contributed by atoms with Crippen molar-refractivity contribution in [2.45, 2.75) is 25.7 Å². The minimum absolute atomic E-state index is 0.411. The SMILES string of the molecule is Clc1cc(Cl)nc(N2CCCCCC2)n1. The van der Waals surface area contributed by atoms with E-state index in [0.29, 0.717) is 16.3 Å². The van der Waals surface area contributed by atoms with E-state index in [9.17, 15) is 0 Å². The minimum atomic E-state index is 0.411. The second kappa shape index (κ2) is 4.99. The lowest BCUT2D eigenvalue weighted by Gasteiger charge is -2.19. The fraction of sp³-hybridized carbons (Fsp3) is 0.600. The summed E-state index contributed by atoms with van der Waals surface area (Å²) in [5.74, 6) is 0.661. The quantitative estimate of drug-likeness (QED) is 0.712. The lowest BCUT2D eigenvalue weighted by atomic mass is 10.2. The first-order valence-corrected chi connectivity index (χ1v) is 5.96. The Hall–Kier alpha value is -0.540. The van der Waals surface area contributed by atoms with E-state index >= 15 is 0 Å². The number of aromatic nitrogens is 2. The second-order valence-corrected chi connectivity index (χ2v) is 4.49. The Balaban J connectivity index is 2.19. The third-order valence-electron chi connectivity index (χ3n) is 2.54. The molecule has 0 bridgehead atoms. The van der Waals surface area contributed by atoms with E-state index in [-0.39, 0.29) is 0 Å². The van der Waals surface area contributed by atoms with Crippen molar-refractivity contribution in [1.82, 2.24) is 9.97 Å². The number of rotatable bonds is 1. The Labute approximate surface area is 99.4 Å². The molecule has 0 unspecified atom stereocenters. The van der Waals surface area contributed by atoms with Crippen LogP contribution in [0.5, 0.6) is 0 Å². The molecule has 0 aromatic carbocycles. The lowest BCUT2D eigenvalue weighted by molar-refractivity contribution is 0.726. The van der Waals surface area contributed by atoms with Crippen LogP contribution in [0.4, 0.5) is 5.95 Å². The highest BCUT2D eigenvalue weighted by Crippen LogP contribution is 2.20. The first kappa shape index (κ1) is 11.0. The maximum Gasteiger partial charge on any atom is 0.228 e. The van der Waals surface area contributed by atoms with Crippen LogP contribution in [-0.2, 0) is 0 Å². The predicted molar refractivity (Wildman–Crippen MR) is 62.7 cm³/mol. The summed E-state index contributed by atoms with van der Waals surface area (Å²) in [7, 11) is 0. The van der Waals surface area contributed by atoms with E-state index in [1.54, 1.807) is 6.07 Å². The van der Waals surface area contributed by atoms with Gasteiger partial charge in [0.25, 0.3) is 0 Å². The standard InChI is InChI=1S/C10H13Cl2N3/c11-8-7-9(12)14-10(13-8)15-5-3-1-2-4-6-15/h7H,1-6H2. The Kier molecular flexibility index (Phi) is 3.65. The third-order valence-corrected chi connectivity index (χ3v) is 2.93. The molecule has 0 amide bonds. The molecule has 0 aliphatic carbocycles. The van der Waals surface area contributed by atoms with E-state index in [2.05, 4.69) is 14.9 Å². The van der Waals surface area contributed by atoms with Gasteiger partial charge in [0.2, 0.25) is 5.95 Å². The summed E-state index contributed by atoms with van der Waals surface area (Å²) in [5.41, 5.74) is 0. The van der Waals surface area contributed by atoms with Crippen molar-refractivity contribution in [3.63, 3.8) is 0 Å². The molecule has 1 aliphatic rings. The van der Waals surface area contributed by atoms with Gasteiger partial charge in [-0.2, -0.15) is 0 Å². The molecule has 1 aliphatic heterocycles. The van der Waals surface area contributed by atoms with E-state index in [1.165, 1.54) is 25.7 Å². The van der Waals surface area contributed by atoms with Crippen molar-refractivity contribution in [2.75, 3.05) is 18.0 Å². The molecule has 5 heteroatoms. The molecule has 2 rings (SSSR count). The van der Waals surface area contributed by atoms with Crippen LogP contribution in [0.1, 0.15) is 25.7 Å². The van der Waals surface area contributed by atoms with Gasteiger partial charge in [-0.05, 0) is 12.8 Å².